The summed E-state index contributed by atoms with van der Waals surface area (Å²) in [5, 5.41) is 22.2. The molecule has 1 aliphatic rings. The van der Waals surface area contributed by atoms with Crippen molar-refractivity contribution in [2.75, 3.05) is 6.54 Å². The van der Waals surface area contributed by atoms with Gasteiger partial charge in [-0.2, -0.15) is 13.2 Å². The smallest absolute Gasteiger partial charge is 0.490 e. The summed E-state index contributed by atoms with van der Waals surface area (Å²) < 4.78 is 31.7. The predicted molar refractivity (Wildman–Crippen MR) is 147 cm³/mol. The monoisotopic (exact) mass is 609 g/mol. The van der Waals surface area contributed by atoms with Crippen LogP contribution in [0.2, 0.25) is 0 Å². The van der Waals surface area contributed by atoms with Gasteiger partial charge in [0.25, 0.3) is 0 Å². The highest BCUT2D eigenvalue weighted by molar-refractivity contribution is 5.94. The van der Waals surface area contributed by atoms with E-state index in [4.69, 9.17) is 21.4 Å². The van der Waals surface area contributed by atoms with Gasteiger partial charge in [0.1, 0.15) is 17.8 Å². The number of carbonyl (C=O) groups excluding carboxylic acids is 4. The second-order valence-electron chi connectivity index (χ2n) is 10.1. The number of carboxylic acid groups (broad SMARTS) is 1. The molecule has 2 aromatic rings. The highest BCUT2D eigenvalue weighted by Gasteiger charge is 2.38. The van der Waals surface area contributed by atoms with E-state index in [0.717, 1.165) is 27.8 Å². The van der Waals surface area contributed by atoms with Gasteiger partial charge in [0.05, 0.1) is 12.6 Å². The maximum Gasteiger partial charge on any atom is 0.490 e. The number of amides is 4. The molecule has 43 heavy (non-hydrogen) atoms. The van der Waals surface area contributed by atoms with Gasteiger partial charge in [0, 0.05) is 13.0 Å². The average molecular weight is 610 g/mol. The molecule has 0 saturated heterocycles. The molecule has 0 aromatic heterocycles. The number of hydrogen-bond acceptors (Lipinski definition) is 7. The second kappa shape index (κ2) is 14.5. The van der Waals surface area contributed by atoms with Crippen molar-refractivity contribution in [1.82, 2.24) is 15.5 Å². The summed E-state index contributed by atoms with van der Waals surface area (Å²) in [6.07, 6.45) is -4.60. The zero-order chi connectivity index (χ0) is 32.6. The summed E-state index contributed by atoms with van der Waals surface area (Å²) in [5.41, 5.74) is 15.7. The number of rotatable bonds is 8. The fraction of sp³-hybridized carbons (Fsp3) is 0.393. The number of phenols is 1. The number of phenolic OH excluding ortho intramolecular Hbond substituents is 1. The number of nitrogens with one attached hydrogen (secondary N) is 2. The molecule has 0 aliphatic carbocycles. The predicted octanol–water partition coefficient (Wildman–Crippen LogP) is 0.572. The van der Waals surface area contributed by atoms with Gasteiger partial charge in [0.2, 0.25) is 23.6 Å². The van der Waals surface area contributed by atoms with E-state index in [1.807, 2.05) is 38.1 Å². The Labute approximate surface area is 245 Å². The first kappa shape index (κ1) is 34.5. The molecule has 4 amide bonds. The maximum absolute atomic E-state index is 13.1. The van der Waals surface area contributed by atoms with Gasteiger partial charge in [-0.3, -0.25) is 19.2 Å². The summed E-state index contributed by atoms with van der Waals surface area (Å²) in [7, 11) is 0. The molecule has 0 radical (unpaired) electrons. The van der Waals surface area contributed by atoms with Gasteiger partial charge in [0.15, 0.2) is 0 Å². The van der Waals surface area contributed by atoms with Crippen molar-refractivity contribution in [3.63, 3.8) is 0 Å². The number of fused-ring (bicyclic) bond motifs is 1. The van der Waals surface area contributed by atoms with Crippen molar-refractivity contribution in [1.29, 1.82) is 0 Å². The standard InChI is InChI=1S/C26H33N5O5.C2HF3O2/c1-14-8-19(32)9-15(2)20(14)11-21(27)25(35)29-16(3)24(34)30-22-10-17-6-4-5-7-18(17)12-31(26(22)36)13-23(28)33;3-2(4,5)1(6)7/h4-9,16,21-22,32H,10-13,27H2,1-3H3,(H2,28,33)(H,29,35)(H,30,34);(H,6,7)/t16-,21+,22-;/m1./s1. The van der Waals surface area contributed by atoms with E-state index in [2.05, 4.69) is 10.6 Å². The number of hydrogen-bond donors (Lipinski definition) is 6. The lowest BCUT2D eigenvalue weighted by molar-refractivity contribution is -0.192. The molecule has 8 N–H and O–H groups in total. The molecule has 12 nitrogen and oxygen atoms in total. The van der Waals surface area contributed by atoms with Crippen LogP contribution < -0.4 is 22.1 Å². The third kappa shape index (κ3) is 9.99. The van der Waals surface area contributed by atoms with E-state index in [9.17, 15) is 37.5 Å². The van der Waals surface area contributed by atoms with Crippen LogP contribution >= 0.6 is 0 Å². The minimum Gasteiger partial charge on any atom is -0.508 e. The van der Waals surface area contributed by atoms with Crippen molar-refractivity contribution < 1.29 is 47.4 Å². The Morgan fingerprint density at radius 2 is 1.60 bits per heavy atom. The zero-order valence-electron chi connectivity index (χ0n) is 23.7. The number of primary amides is 1. The number of alkyl halides is 3. The van der Waals surface area contributed by atoms with Crippen molar-refractivity contribution in [3.8, 4) is 5.75 Å². The Kier molecular flexibility index (Phi) is 11.6. The minimum atomic E-state index is -5.08. The van der Waals surface area contributed by atoms with Crippen LogP contribution in [0, 0.1) is 13.8 Å². The summed E-state index contributed by atoms with van der Waals surface area (Å²) in [5.74, 6) is -4.76. The molecule has 0 bridgehead atoms. The highest BCUT2D eigenvalue weighted by atomic mass is 19.4. The van der Waals surface area contributed by atoms with Crippen LogP contribution in [-0.4, -0.2) is 75.6 Å². The molecule has 2 aromatic carbocycles. The molecular formula is C28H34F3N5O7. The van der Waals surface area contributed by atoms with Crippen molar-refractivity contribution in [3.05, 3.63) is 64.2 Å². The molecule has 0 spiro atoms. The molecule has 0 saturated carbocycles. The lowest BCUT2D eigenvalue weighted by Crippen LogP contribution is -2.56. The fourth-order valence-electron chi connectivity index (χ4n) is 4.44. The van der Waals surface area contributed by atoms with Crippen LogP contribution in [0.5, 0.6) is 5.75 Å². The Bertz CT molecular complexity index is 1360. The lowest BCUT2D eigenvalue weighted by Gasteiger charge is -2.25. The molecule has 0 fully saturated rings. The van der Waals surface area contributed by atoms with E-state index in [1.54, 1.807) is 12.1 Å². The fourth-order valence-corrected chi connectivity index (χ4v) is 4.44. The maximum atomic E-state index is 13.1. The van der Waals surface area contributed by atoms with Gasteiger partial charge in [-0.25, -0.2) is 4.79 Å². The number of benzene rings is 2. The lowest BCUT2D eigenvalue weighted by atomic mass is 9.96. The highest BCUT2D eigenvalue weighted by Crippen LogP contribution is 2.22. The molecule has 3 rings (SSSR count). The number of aryl methyl sites for hydroxylation is 2. The normalized spacial score (nSPS) is 16.0. The van der Waals surface area contributed by atoms with E-state index in [1.165, 1.54) is 11.8 Å². The Hall–Kier alpha value is -4.66. The van der Waals surface area contributed by atoms with E-state index >= 15 is 0 Å². The number of halogens is 3. The summed E-state index contributed by atoms with van der Waals surface area (Å²) in [6, 6.07) is 7.83. The molecule has 15 heteroatoms. The van der Waals surface area contributed by atoms with E-state index < -0.39 is 53.9 Å². The van der Waals surface area contributed by atoms with Gasteiger partial charge < -0.3 is 37.2 Å². The molecule has 3 atom stereocenters. The third-order valence-corrected chi connectivity index (χ3v) is 6.61. The van der Waals surface area contributed by atoms with Crippen LogP contribution in [0.25, 0.3) is 0 Å². The van der Waals surface area contributed by atoms with Gasteiger partial charge in [-0.15, -0.1) is 0 Å². The topological polar surface area (TPSA) is 205 Å². The first-order valence-electron chi connectivity index (χ1n) is 13.0. The summed E-state index contributed by atoms with van der Waals surface area (Å²) in [4.78, 5) is 60.5. The van der Waals surface area contributed by atoms with Crippen LogP contribution in [0.4, 0.5) is 13.2 Å². The quantitative estimate of drug-likeness (QED) is 0.249. The molecule has 1 aliphatic heterocycles. The SMILES string of the molecule is Cc1cc(O)cc(C)c1C[C@H](N)C(=O)N[C@H](C)C(=O)N[C@@H]1Cc2ccccc2CN(CC(N)=O)C1=O.O=C(O)C(F)(F)F. The Balaban J connectivity index is 0.000000821. The van der Waals surface area contributed by atoms with Gasteiger partial charge in [-0.1, -0.05) is 24.3 Å². The third-order valence-electron chi connectivity index (χ3n) is 6.61. The van der Waals surface area contributed by atoms with Crippen LogP contribution in [-0.2, 0) is 43.4 Å². The van der Waals surface area contributed by atoms with E-state index in [-0.39, 0.29) is 31.7 Å². The first-order chi connectivity index (χ1) is 19.9. The number of nitrogens with two attached hydrogens (primary N) is 2. The van der Waals surface area contributed by atoms with Gasteiger partial charge >= 0.3 is 12.1 Å². The number of aliphatic carboxylic acids is 1. The van der Waals surface area contributed by atoms with Crippen molar-refractivity contribution >= 4 is 29.6 Å². The molecular weight excluding hydrogens is 575 g/mol. The molecule has 0 unspecified atom stereocenters. The minimum absolute atomic E-state index is 0.141. The van der Waals surface area contributed by atoms with Crippen LogP contribution in [0.15, 0.2) is 36.4 Å². The average Bonchev–Trinajstić information content (AvgIpc) is 3.01. The summed E-state index contributed by atoms with van der Waals surface area (Å²) in [6.45, 7) is 5.10. The number of carboxylic acids is 1. The first-order valence-corrected chi connectivity index (χ1v) is 13.0. The molecule has 1 heterocycles. The second-order valence-corrected chi connectivity index (χ2v) is 10.1. The zero-order valence-corrected chi connectivity index (χ0v) is 23.7. The largest absolute Gasteiger partial charge is 0.508 e. The number of carbonyl (C=O) groups is 5. The van der Waals surface area contributed by atoms with Crippen molar-refractivity contribution in [2.24, 2.45) is 11.5 Å². The van der Waals surface area contributed by atoms with Crippen LogP contribution in [0.1, 0.15) is 34.7 Å². The Morgan fingerprint density at radius 3 is 2.12 bits per heavy atom. The molecule has 234 valence electrons. The van der Waals surface area contributed by atoms with E-state index in [0.29, 0.717) is 0 Å². The Morgan fingerprint density at radius 1 is 1.07 bits per heavy atom. The number of nitrogens with zero attached hydrogens (tertiary/aromatic N) is 1. The van der Waals surface area contributed by atoms with Gasteiger partial charge in [-0.05, 0) is 67.1 Å². The van der Waals surface area contributed by atoms with Crippen LogP contribution in [0.3, 0.4) is 0 Å². The number of aromatic hydroxyl groups is 1. The summed E-state index contributed by atoms with van der Waals surface area (Å²) >= 11 is 0. The van der Waals surface area contributed by atoms with Crippen molar-refractivity contribution in [2.45, 2.75) is 64.5 Å².